The standard InChI is InChI=1S/C28H34Br2ClN3O3S/c1-38(36,37)33-23-6-2-17(3-7-23)12-25(35)34-10-8-18(9-11-34)27-26-19(14-22(31)15-24(26)30)4-5-20-13-21(29)16-32-28(20)27/h13-18,23,27,33H,2-12H2,1H3/t17?,23?,27-/m1/s1. The lowest BCUT2D eigenvalue weighted by Gasteiger charge is -2.38. The molecule has 38 heavy (non-hydrogen) atoms. The van der Waals surface area contributed by atoms with Gasteiger partial charge in [-0.2, -0.15) is 0 Å². The minimum Gasteiger partial charge on any atom is -0.343 e. The number of fused-ring (bicyclic) bond motifs is 2. The van der Waals surface area contributed by atoms with E-state index in [2.05, 4.69) is 48.7 Å². The van der Waals surface area contributed by atoms with Gasteiger partial charge in [-0.05, 0) is 114 Å². The third-order valence-corrected chi connectivity index (χ3v) is 10.5. The van der Waals surface area contributed by atoms with Crippen LogP contribution in [0.3, 0.4) is 0 Å². The average molecular weight is 688 g/mol. The zero-order chi connectivity index (χ0) is 27.0. The van der Waals surface area contributed by atoms with Crippen molar-refractivity contribution in [1.82, 2.24) is 14.6 Å². The van der Waals surface area contributed by atoms with Gasteiger partial charge < -0.3 is 4.90 Å². The van der Waals surface area contributed by atoms with Crippen molar-refractivity contribution in [3.63, 3.8) is 0 Å². The second-order valence-electron chi connectivity index (χ2n) is 11.2. The van der Waals surface area contributed by atoms with E-state index in [1.54, 1.807) is 0 Å². The highest BCUT2D eigenvalue weighted by Crippen LogP contribution is 2.46. The highest BCUT2D eigenvalue weighted by Gasteiger charge is 2.36. The normalized spacial score (nSPS) is 24.4. The summed E-state index contributed by atoms with van der Waals surface area (Å²) in [6, 6.07) is 6.31. The Balaban J connectivity index is 1.26. The molecule has 1 saturated heterocycles. The minimum atomic E-state index is -3.18. The Hall–Kier alpha value is -1.000. The number of likely N-dealkylation sites (tertiary alicyclic amines) is 1. The van der Waals surface area contributed by atoms with Crippen LogP contribution in [0.4, 0.5) is 0 Å². The quantitative estimate of drug-likeness (QED) is 0.405. The number of benzene rings is 1. The van der Waals surface area contributed by atoms with E-state index in [1.165, 1.54) is 22.9 Å². The molecule has 3 aliphatic rings. The van der Waals surface area contributed by atoms with Crippen molar-refractivity contribution >= 4 is 59.4 Å². The summed E-state index contributed by atoms with van der Waals surface area (Å²) < 4.78 is 27.8. The van der Waals surface area contributed by atoms with Crippen LogP contribution in [0.15, 0.2) is 33.3 Å². The van der Waals surface area contributed by atoms with Crippen molar-refractivity contribution in [2.45, 2.75) is 69.7 Å². The molecule has 2 aliphatic carbocycles. The van der Waals surface area contributed by atoms with Crippen molar-refractivity contribution in [3.05, 3.63) is 60.7 Å². The maximum atomic E-state index is 13.2. The molecule has 2 heterocycles. The summed E-state index contributed by atoms with van der Waals surface area (Å²) in [5.41, 5.74) is 5.01. The molecule has 0 bridgehead atoms. The monoisotopic (exact) mass is 685 g/mol. The van der Waals surface area contributed by atoms with Gasteiger partial charge in [0, 0.05) is 51.6 Å². The third-order valence-electron chi connectivity index (χ3n) is 8.47. The molecule has 1 aromatic carbocycles. The van der Waals surface area contributed by atoms with Crippen LogP contribution in [0.5, 0.6) is 0 Å². The van der Waals surface area contributed by atoms with Crippen LogP contribution in [0.2, 0.25) is 5.02 Å². The zero-order valence-electron chi connectivity index (χ0n) is 21.6. The number of carbonyl (C=O) groups is 1. The third kappa shape index (κ3) is 6.65. The van der Waals surface area contributed by atoms with Gasteiger partial charge in [0.15, 0.2) is 0 Å². The number of rotatable bonds is 5. The van der Waals surface area contributed by atoms with E-state index in [-0.39, 0.29) is 17.9 Å². The fourth-order valence-electron chi connectivity index (χ4n) is 6.68. The molecule has 1 aliphatic heterocycles. The molecule has 6 nitrogen and oxygen atoms in total. The summed E-state index contributed by atoms with van der Waals surface area (Å²) in [6.07, 6.45) is 10.8. The van der Waals surface area contributed by atoms with E-state index in [1.807, 2.05) is 17.2 Å². The van der Waals surface area contributed by atoms with Crippen LogP contribution in [0.1, 0.15) is 73.2 Å². The second kappa shape index (κ2) is 11.9. The Morgan fingerprint density at radius 3 is 2.42 bits per heavy atom. The summed E-state index contributed by atoms with van der Waals surface area (Å²) in [6.45, 7) is 1.52. The van der Waals surface area contributed by atoms with E-state index >= 15 is 0 Å². The lowest BCUT2D eigenvalue weighted by atomic mass is 9.76. The Kier molecular flexibility index (Phi) is 8.90. The Bertz CT molecular complexity index is 1310. The number of piperidine rings is 1. The zero-order valence-corrected chi connectivity index (χ0v) is 26.3. The molecular formula is C28H34Br2ClN3O3S. The lowest BCUT2D eigenvalue weighted by Crippen LogP contribution is -2.41. The molecule has 1 N–H and O–H groups in total. The van der Waals surface area contributed by atoms with Gasteiger partial charge >= 0.3 is 0 Å². The van der Waals surface area contributed by atoms with Gasteiger partial charge in [-0.15, -0.1) is 0 Å². The highest BCUT2D eigenvalue weighted by atomic mass is 79.9. The van der Waals surface area contributed by atoms with E-state index < -0.39 is 10.0 Å². The molecule has 2 fully saturated rings. The first-order valence-electron chi connectivity index (χ1n) is 13.4. The van der Waals surface area contributed by atoms with Crippen LogP contribution in [0, 0.1) is 11.8 Å². The van der Waals surface area contributed by atoms with Crippen LogP contribution in [-0.4, -0.2) is 49.6 Å². The molecule has 206 valence electrons. The number of aromatic nitrogens is 1. The maximum Gasteiger partial charge on any atom is 0.222 e. The number of amides is 1. The molecule has 1 atom stereocenters. The van der Waals surface area contributed by atoms with E-state index in [4.69, 9.17) is 16.6 Å². The van der Waals surface area contributed by atoms with Gasteiger partial charge in [-0.1, -0.05) is 27.5 Å². The number of pyridine rings is 1. The molecule has 1 aromatic heterocycles. The highest BCUT2D eigenvalue weighted by molar-refractivity contribution is 9.10. The van der Waals surface area contributed by atoms with Gasteiger partial charge in [0.05, 0.1) is 11.9 Å². The predicted molar refractivity (Wildman–Crippen MR) is 158 cm³/mol. The van der Waals surface area contributed by atoms with E-state index in [0.717, 1.165) is 84.1 Å². The molecule has 2 aromatic rings. The molecule has 0 unspecified atom stereocenters. The number of nitrogens with zero attached hydrogens (tertiary/aromatic N) is 2. The number of nitrogens with one attached hydrogen (secondary N) is 1. The van der Waals surface area contributed by atoms with Gasteiger partial charge in [0.25, 0.3) is 0 Å². The molecule has 1 saturated carbocycles. The summed E-state index contributed by atoms with van der Waals surface area (Å²) in [7, 11) is -3.18. The first kappa shape index (κ1) is 28.5. The van der Waals surface area contributed by atoms with Crippen LogP contribution >= 0.6 is 43.5 Å². The van der Waals surface area contributed by atoms with Crippen molar-refractivity contribution in [2.75, 3.05) is 19.3 Å². The van der Waals surface area contributed by atoms with Crippen molar-refractivity contribution in [3.8, 4) is 0 Å². The van der Waals surface area contributed by atoms with Crippen LogP contribution in [-0.2, 0) is 27.7 Å². The number of halogens is 3. The Morgan fingerprint density at radius 1 is 1.05 bits per heavy atom. The number of hydrogen-bond acceptors (Lipinski definition) is 4. The Morgan fingerprint density at radius 2 is 1.74 bits per heavy atom. The fourth-order valence-corrected chi connectivity index (χ4v) is 9.02. The van der Waals surface area contributed by atoms with E-state index in [9.17, 15) is 13.2 Å². The van der Waals surface area contributed by atoms with Crippen molar-refractivity contribution in [1.29, 1.82) is 0 Å². The molecule has 1 amide bonds. The molecular weight excluding hydrogens is 654 g/mol. The second-order valence-corrected chi connectivity index (χ2v) is 15.2. The largest absolute Gasteiger partial charge is 0.343 e. The average Bonchev–Trinajstić information content (AvgIpc) is 3.01. The number of carbonyl (C=O) groups excluding carboxylic acids is 1. The summed E-state index contributed by atoms with van der Waals surface area (Å²) in [5, 5.41) is 0.746. The maximum absolute atomic E-state index is 13.2. The molecule has 5 rings (SSSR count). The minimum absolute atomic E-state index is 0.000801. The first-order chi connectivity index (χ1) is 18.1. The van der Waals surface area contributed by atoms with Crippen LogP contribution in [0.25, 0.3) is 0 Å². The smallest absolute Gasteiger partial charge is 0.222 e. The van der Waals surface area contributed by atoms with Gasteiger partial charge in [0.2, 0.25) is 15.9 Å². The Labute approximate surface area is 247 Å². The lowest BCUT2D eigenvalue weighted by molar-refractivity contribution is -0.134. The number of hydrogen-bond donors (Lipinski definition) is 1. The SMILES string of the molecule is CS(=O)(=O)NC1CCC(CC(=O)N2CCC([C@H]3c4ncc(Br)cc4CCc4cc(Cl)cc(Br)c43)CC2)CC1. The van der Waals surface area contributed by atoms with E-state index in [0.29, 0.717) is 18.3 Å². The number of aryl methyl sites for hydroxylation is 2. The fraction of sp³-hybridized carbons (Fsp3) is 0.571. The number of sulfonamides is 1. The first-order valence-corrected chi connectivity index (χ1v) is 17.3. The molecule has 0 radical (unpaired) electrons. The van der Waals surface area contributed by atoms with Crippen LogP contribution < -0.4 is 4.72 Å². The summed E-state index contributed by atoms with van der Waals surface area (Å²) >= 11 is 13.9. The molecule has 10 heteroatoms. The van der Waals surface area contributed by atoms with Gasteiger partial charge in [-0.3, -0.25) is 9.78 Å². The van der Waals surface area contributed by atoms with Gasteiger partial charge in [-0.25, -0.2) is 13.1 Å². The summed E-state index contributed by atoms with van der Waals surface area (Å²) in [4.78, 5) is 20.2. The predicted octanol–water partition coefficient (Wildman–Crippen LogP) is 6.23. The molecule has 0 spiro atoms. The van der Waals surface area contributed by atoms with Crippen molar-refractivity contribution in [2.24, 2.45) is 11.8 Å². The van der Waals surface area contributed by atoms with Gasteiger partial charge in [0.1, 0.15) is 0 Å². The topological polar surface area (TPSA) is 79.4 Å². The summed E-state index contributed by atoms with van der Waals surface area (Å²) in [5.74, 6) is 1.12. The van der Waals surface area contributed by atoms with Crippen molar-refractivity contribution < 1.29 is 13.2 Å².